The molecule has 0 radical (unpaired) electrons. The molecule has 1 heterocycles. The molecular weight excluding hydrogens is 564 g/mol. The van der Waals surface area contributed by atoms with Crippen LogP contribution in [0, 0.1) is 5.92 Å². The number of hydrogen-bond donors (Lipinski definition) is 0. The van der Waals surface area contributed by atoms with Gasteiger partial charge in [-0.3, -0.25) is 0 Å². The van der Waals surface area contributed by atoms with Crippen molar-refractivity contribution in [2.45, 2.75) is 206 Å². The Labute approximate surface area is 288 Å². The van der Waals surface area contributed by atoms with E-state index in [1.54, 1.807) is 7.11 Å². The number of rotatable bonds is 32. The first kappa shape index (κ1) is 42.9. The number of ether oxygens (including phenoxy) is 3. The predicted octanol–water partition coefficient (Wildman–Crippen LogP) is 13.8. The van der Waals surface area contributed by atoms with Gasteiger partial charge in [0, 0.05) is 20.1 Å². The molecule has 1 aliphatic heterocycles. The van der Waals surface area contributed by atoms with E-state index in [-0.39, 0.29) is 12.2 Å². The van der Waals surface area contributed by atoms with E-state index in [1.807, 2.05) is 0 Å². The van der Waals surface area contributed by atoms with Crippen molar-refractivity contribution in [2.24, 2.45) is 5.92 Å². The summed E-state index contributed by atoms with van der Waals surface area (Å²) in [5.74, 6) is -0.0393. The summed E-state index contributed by atoms with van der Waals surface area (Å²) in [5.41, 5.74) is 0. The highest BCUT2D eigenvalue weighted by Crippen LogP contribution is 2.38. The summed E-state index contributed by atoms with van der Waals surface area (Å²) in [6, 6.07) is 0. The Kier molecular flexibility index (Phi) is 29.0. The third kappa shape index (κ3) is 24.9. The van der Waals surface area contributed by atoms with Gasteiger partial charge in [0.1, 0.15) is 0 Å². The zero-order valence-corrected chi connectivity index (χ0v) is 31.5. The minimum absolute atomic E-state index is 0.239. The van der Waals surface area contributed by atoms with Crippen LogP contribution in [0.15, 0.2) is 48.6 Å². The Morgan fingerprint density at radius 3 is 1.30 bits per heavy atom. The van der Waals surface area contributed by atoms with E-state index in [4.69, 9.17) is 14.2 Å². The molecule has 0 amide bonds. The average molecular weight is 643 g/mol. The fraction of sp³-hybridized carbons (Fsp3) is 0.814. The van der Waals surface area contributed by atoms with Crippen molar-refractivity contribution in [3.63, 3.8) is 0 Å². The van der Waals surface area contributed by atoms with E-state index in [0.717, 1.165) is 38.7 Å². The van der Waals surface area contributed by atoms with Crippen molar-refractivity contribution in [3.05, 3.63) is 48.6 Å². The van der Waals surface area contributed by atoms with E-state index in [1.165, 1.54) is 128 Å². The van der Waals surface area contributed by atoms with Gasteiger partial charge < -0.3 is 14.2 Å². The lowest BCUT2D eigenvalue weighted by Crippen LogP contribution is -2.30. The van der Waals surface area contributed by atoms with Crippen molar-refractivity contribution in [1.29, 1.82) is 0 Å². The monoisotopic (exact) mass is 643 g/mol. The van der Waals surface area contributed by atoms with Crippen LogP contribution in [0.5, 0.6) is 0 Å². The van der Waals surface area contributed by atoms with E-state index >= 15 is 0 Å². The highest BCUT2D eigenvalue weighted by Gasteiger charge is 2.44. The summed E-state index contributed by atoms with van der Waals surface area (Å²) in [6.45, 7) is 9.70. The van der Waals surface area contributed by atoms with E-state index in [0.29, 0.717) is 5.92 Å². The molecule has 3 unspecified atom stereocenters. The maximum absolute atomic E-state index is 6.67. The van der Waals surface area contributed by atoms with Gasteiger partial charge in [0.15, 0.2) is 5.79 Å². The maximum Gasteiger partial charge on any atom is 0.166 e. The summed E-state index contributed by atoms with van der Waals surface area (Å²) in [4.78, 5) is 0. The van der Waals surface area contributed by atoms with Crippen LogP contribution in [0.3, 0.4) is 0 Å². The summed E-state index contributed by atoms with van der Waals surface area (Å²) >= 11 is 0. The molecule has 0 spiro atoms. The normalized spacial score (nSPS) is 21.2. The van der Waals surface area contributed by atoms with Crippen LogP contribution < -0.4 is 0 Å². The second kappa shape index (κ2) is 31.1. The van der Waals surface area contributed by atoms with Crippen molar-refractivity contribution in [3.8, 4) is 0 Å². The summed E-state index contributed by atoms with van der Waals surface area (Å²) in [7, 11) is 1.79. The van der Waals surface area contributed by atoms with Gasteiger partial charge in [0.25, 0.3) is 0 Å². The van der Waals surface area contributed by atoms with Gasteiger partial charge in [-0.2, -0.15) is 0 Å². The van der Waals surface area contributed by atoms with Gasteiger partial charge in [-0.15, -0.1) is 0 Å². The second-order valence-corrected chi connectivity index (χ2v) is 14.2. The van der Waals surface area contributed by atoms with E-state index in [9.17, 15) is 0 Å². The van der Waals surface area contributed by atoms with Crippen LogP contribution in [0.25, 0.3) is 0 Å². The molecular formula is C43H78O3. The molecule has 46 heavy (non-hydrogen) atoms. The number of hydrogen-bond acceptors (Lipinski definition) is 3. The van der Waals surface area contributed by atoms with Crippen LogP contribution >= 0.6 is 0 Å². The quantitative estimate of drug-likeness (QED) is 0.0540. The van der Waals surface area contributed by atoms with Crippen LogP contribution in [0.2, 0.25) is 0 Å². The van der Waals surface area contributed by atoms with Crippen molar-refractivity contribution >= 4 is 0 Å². The lowest BCUT2D eigenvalue weighted by molar-refractivity contribution is -0.175. The fourth-order valence-corrected chi connectivity index (χ4v) is 6.70. The van der Waals surface area contributed by atoms with Gasteiger partial charge in [0.05, 0.1) is 12.2 Å². The van der Waals surface area contributed by atoms with Gasteiger partial charge in [0.2, 0.25) is 0 Å². The van der Waals surface area contributed by atoms with Crippen LogP contribution in [-0.4, -0.2) is 31.7 Å². The molecule has 0 aromatic rings. The predicted molar refractivity (Wildman–Crippen MR) is 203 cm³/mol. The highest BCUT2D eigenvalue weighted by molar-refractivity contribution is 4.93. The molecule has 268 valence electrons. The first-order valence-corrected chi connectivity index (χ1v) is 20.0. The fourth-order valence-electron chi connectivity index (χ4n) is 6.70. The molecule has 3 atom stereocenters. The molecule has 0 aliphatic carbocycles. The molecule has 0 aromatic carbocycles. The Morgan fingerprint density at radius 2 is 0.913 bits per heavy atom. The second-order valence-electron chi connectivity index (χ2n) is 14.2. The molecule has 0 aromatic heterocycles. The molecule has 1 rings (SSSR count). The molecule has 1 fully saturated rings. The zero-order chi connectivity index (χ0) is 33.4. The number of unbranched alkanes of at least 4 members (excludes halogenated alkanes) is 16. The molecule has 0 saturated carbocycles. The standard InChI is InChI=1S/C43H78O3/c1-6-8-10-12-14-16-18-20-22-24-26-28-30-32-34-36-41-42(46-43(4,45-41)38-40(3)39-44-5)37-35-33-31-29-27-25-23-21-19-17-15-13-11-9-7-2/h14-17,20-23,40-42H,6-13,18-19,24-39H2,1-5H3/b16-14-,17-15-,22-20-,23-21-. The van der Waals surface area contributed by atoms with Crippen LogP contribution in [-0.2, 0) is 14.2 Å². The van der Waals surface area contributed by atoms with Crippen molar-refractivity contribution < 1.29 is 14.2 Å². The molecule has 1 aliphatic rings. The van der Waals surface area contributed by atoms with Crippen LogP contribution in [0.4, 0.5) is 0 Å². The third-order valence-electron chi connectivity index (χ3n) is 9.27. The SMILES string of the molecule is CCCCC/C=C\C/C=C\CCCCCCCC1OC(C)(CC(C)COC)OC1CCCCCCC/C=C\C/C=C\CCCCC. The Bertz CT molecular complexity index is 712. The van der Waals surface area contributed by atoms with Gasteiger partial charge in [-0.05, 0) is 89.9 Å². The minimum atomic E-state index is -0.471. The molecule has 1 saturated heterocycles. The molecule has 3 nitrogen and oxygen atoms in total. The Morgan fingerprint density at radius 1 is 0.543 bits per heavy atom. The first-order chi connectivity index (χ1) is 22.5. The smallest absolute Gasteiger partial charge is 0.166 e. The lowest BCUT2D eigenvalue weighted by atomic mass is 9.99. The molecule has 0 N–H and O–H groups in total. The minimum Gasteiger partial charge on any atom is -0.384 e. The van der Waals surface area contributed by atoms with Gasteiger partial charge in [-0.1, -0.05) is 146 Å². The topological polar surface area (TPSA) is 27.7 Å². The van der Waals surface area contributed by atoms with Gasteiger partial charge >= 0.3 is 0 Å². The Balaban J connectivity index is 2.24. The maximum atomic E-state index is 6.67. The van der Waals surface area contributed by atoms with Gasteiger partial charge in [-0.25, -0.2) is 0 Å². The summed E-state index contributed by atoms with van der Waals surface area (Å²) in [6.07, 6.45) is 50.6. The van der Waals surface area contributed by atoms with Crippen LogP contribution in [0.1, 0.15) is 188 Å². The Hall–Kier alpha value is -1.16. The number of methoxy groups -OCH3 is 1. The summed E-state index contributed by atoms with van der Waals surface area (Å²) < 4.78 is 18.7. The average Bonchev–Trinajstić information content (AvgIpc) is 3.35. The molecule has 3 heteroatoms. The lowest BCUT2D eigenvalue weighted by Gasteiger charge is -2.26. The molecule has 0 bridgehead atoms. The van der Waals surface area contributed by atoms with E-state index < -0.39 is 5.79 Å². The highest BCUT2D eigenvalue weighted by atomic mass is 16.8. The largest absolute Gasteiger partial charge is 0.384 e. The summed E-state index contributed by atoms with van der Waals surface area (Å²) in [5, 5.41) is 0. The van der Waals surface area contributed by atoms with E-state index in [2.05, 4.69) is 76.3 Å². The first-order valence-electron chi connectivity index (χ1n) is 20.0. The third-order valence-corrected chi connectivity index (χ3v) is 9.27. The van der Waals surface area contributed by atoms with Crippen molar-refractivity contribution in [2.75, 3.05) is 13.7 Å². The zero-order valence-electron chi connectivity index (χ0n) is 31.5. The van der Waals surface area contributed by atoms with Crippen molar-refractivity contribution in [1.82, 2.24) is 0 Å². The number of allylic oxidation sites excluding steroid dienone is 8.